The van der Waals surface area contributed by atoms with Crippen LogP contribution in [0.2, 0.25) is 0 Å². The molecule has 0 spiro atoms. The third-order valence-electron chi connectivity index (χ3n) is 3.50. The number of hydrogen-bond acceptors (Lipinski definition) is 1. The van der Waals surface area contributed by atoms with Crippen LogP contribution in [0.3, 0.4) is 0 Å². The Morgan fingerprint density at radius 3 is 2.08 bits per heavy atom. The van der Waals surface area contributed by atoms with Gasteiger partial charge >= 0.3 is 5.97 Å². The molecular formula is C11H18O2. The largest absolute Gasteiger partial charge is 0.481 e. The second kappa shape index (κ2) is 2.10. The molecule has 74 valence electrons. The number of carbonyl (C=O) groups is 1. The van der Waals surface area contributed by atoms with E-state index in [0.717, 1.165) is 19.3 Å². The van der Waals surface area contributed by atoms with Crippen molar-refractivity contribution >= 4 is 5.97 Å². The summed E-state index contributed by atoms with van der Waals surface area (Å²) in [5.74, 6) is -0.566. The fourth-order valence-corrected chi connectivity index (χ4v) is 3.54. The maximum atomic E-state index is 10.8. The molecule has 3 aliphatic rings. The minimum atomic E-state index is -0.566. The third kappa shape index (κ3) is 1.18. The Morgan fingerprint density at radius 1 is 1.31 bits per heavy atom. The molecule has 0 aromatic carbocycles. The average molecular weight is 182 g/mol. The van der Waals surface area contributed by atoms with E-state index in [2.05, 4.69) is 20.8 Å². The first-order valence-corrected chi connectivity index (χ1v) is 5.01. The summed E-state index contributed by atoms with van der Waals surface area (Å²) < 4.78 is 0. The van der Waals surface area contributed by atoms with E-state index < -0.39 is 5.97 Å². The smallest absolute Gasteiger partial charge is 0.309 e. The Labute approximate surface area is 79.3 Å². The van der Waals surface area contributed by atoms with Gasteiger partial charge in [-0.15, -0.1) is 0 Å². The first-order chi connectivity index (χ1) is 5.77. The van der Waals surface area contributed by atoms with E-state index in [1.165, 1.54) is 6.42 Å². The molecule has 3 fully saturated rings. The van der Waals surface area contributed by atoms with Gasteiger partial charge in [0.25, 0.3) is 0 Å². The summed E-state index contributed by atoms with van der Waals surface area (Å²) in [6.07, 6.45) is 4.00. The van der Waals surface area contributed by atoms with Crippen LogP contribution in [0.15, 0.2) is 0 Å². The van der Waals surface area contributed by atoms with Crippen LogP contribution in [-0.4, -0.2) is 11.1 Å². The third-order valence-corrected chi connectivity index (χ3v) is 3.50. The van der Waals surface area contributed by atoms with Crippen molar-refractivity contribution in [2.75, 3.05) is 0 Å². The summed E-state index contributed by atoms with van der Waals surface area (Å²) >= 11 is 0. The molecule has 0 radical (unpaired) electrons. The lowest BCUT2D eigenvalue weighted by Gasteiger charge is -2.69. The van der Waals surface area contributed by atoms with Crippen molar-refractivity contribution in [1.29, 1.82) is 0 Å². The zero-order chi connectivity index (χ0) is 9.91. The van der Waals surface area contributed by atoms with E-state index in [0.29, 0.717) is 10.8 Å². The van der Waals surface area contributed by atoms with Crippen molar-refractivity contribution in [3.05, 3.63) is 0 Å². The van der Waals surface area contributed by atoms with Gasteiger partial charge in [-0.25, -0.2) is 0 Å². The fourth-order valence-electron chi connectivity index (χ4n) is 3.54. The van der Waals surface area contributed by atoms with E-state index in [-0.39, 0.29) is 5.41 Å². The summed E-state index contributed by atoms with van der Waals surface area (Å²) in [6.45, 7) is 6.71. The highest BCUT2D eigenvalue weighted by Crippen LogP contribution is 2.76. The lowest BCUT2D eigenvalue weighted by Crippen LogP contribution is -2.66. The first-order valence-electron chi connectivity index (χ1n) is 5.01. The zero-order valence-corrected chi connectivity index (χ0v) is 8.68. The minimum absolute atomic E-state index is 0.286. The van der Waals surface area contributed by atoms with Crippen molar-refractivity contribution < 1.29 is 9.90 Å². The molecule has 0 unspecified atom stereocenters. The van der Waals surface area contributed by atoms with Crippen molar-refractivity contribution in [2.24, 2.45) is 16.2 Å². The molecule has 13 heavy (non-hydrogen) atoms. The maximum absolute atomic E-state index is 10.8. The van der Waals surface area contributed by atoms with Gasteiger partial charge in [-0.05, 0) is 36.5 Å². The molecule has 3 aliphatic carbocycles. The maximum Gasteiger partial charge on any atom is 0.309 e. The Balaban J connectivity index is 1.94. The van der Waals surface area contributed by atoms with Gasteiger partial charge in [0.05, 0.1) is 5.41 Å². The van der Waals surface area contributed by atoms with Gasteiger partial charge in [0.1, 0.15) is 0 Å². The molecule has 0 aromatic rings. The number of carboxylic acids is 1. The topological polar surface area (TPSA) is 37.3 Å². The SMILES string of the molecule is CC(C)(C)CC12CC(C(=O)O)(C1)C2. The summed E-state index contributed by atoms with van der Waals surface area (Å²) in [5, 5.41) is 8.94. The molecule has 0 aliphatic heterocycles. The molecule has 1 N–H and O–H groups in total. The molecule has 3 rings (SSSR count). The summed E-state index contributed by atoms with van der Waals surface area (Å²) in [5.41, 5.74) is 0.479. The second-order valence-corrected chi connectivity index (χ2v) is 6.35. The lowest BCUT2D eigenvalue weighted by molar-refractivity contribution is -0.231. The summed E-state index contributed by atoms with van der Waals surface area (Å²) in [4.78, 5) is 10.8. The average Bonchev–Trinajstić information content (AvgIpc) is 1.71. The van der Waals surface area contributed by atoms with E-state index >= 15 is 0 Å². The number of carboxylic acid groups (broad SMARTS) is 1. The van der Waals surface area contributed by atoms with E-state index in [1.54, 1.807) is 0 Å². The van der Waals surface area contributed by atoms with Crippen LogP contribution >= 0.6 is 0 Å². The van der Waals surface area contributed by atoms with E-state index in [1.807, 2.05) is 0 Å². The van der Waals surface area contributed by atoms with Gasteiger partial charge in [-0.2, -0.15) is 0 Å². The van der Waals surface area contributed by atoms with Crippen molar-refractivity contribution in [3.8, 4) is 0 Å². The Hall–Kier alpha value is -0.530. The van der Waals surface area contributed by atoms with Crippen LogP contribution < -0.4 is 0 Å². The molecule has 0 aromatic heterocycles. The van der Waals surface area contributed by atoms with Crippen LogP contribution in [0.4, 0.5) is 0 Å². The Morgan fingerprint density at radius 2 is 1.77 bits per heavy atom. The predicted octanol–water partition coefficient (Wildman–Crippen LogP) is 2.68. The summed E-state index contributed by atoms with van der Waals surface area (Å²) in [7, 11) is 0. The normalized spacial score (nSPS) is 42.1. The van der Waals surface area contributed by atoms with Gasteiger partial charge in [-0.1, -0.05) is 20.8 Å². The van der Waals surface area contributed by atoms with E-state index in [4.69, 9.17) is 5.11 Å². The van der Waals surface area contributed by atoms with Crippen molar-refractivity contribution in [3.63, 3.8) is 0 Å². The van der Waals surface area contributed by atoms with Gasteiger partial charge in [0, 0.05) is 0 Å². The highest BCUT2D eigenvalue weighted by Gasteiger charge is 2.71. The molecule has 0 saturated heterocycles. The number of hydrogen-bond donors (Lipinski definition) is 1. The number of rotatable bonds is 2. The molecule has 2 bridgehead atoms. The quantitative estimate of drug-likeness (QED) is 0.713. The standard InChI is InChI=1S/C11H18O2/c1-9(2,3)4-10-5-11(6-10,7-10)8(12)13/h4-7H2,1-3H3,(H,12,13). The predicted molar refractivity (Wildman–Crippen MR) is 50.4 cm³/mol. The van der Waals surface area contributed by atoms with Crippen molar-refractivity contribution in [1.82, 2.24) is 0 Å². The van der Waals surface area contributed by atoms with E-state index in [9.17, 15) is 4.79 Å². The molecular weight excluding hydrogens is 164 g/mol. The lowest BCUT2D eigenvalue weighted by atomic mass is 9.33. The van der Waals surface area contributed by atoms with Gasteiger partial charge < -0.3 is 5.11 Å². The summed E-state index contributed by atoms with van der Waals surface area (Å²) in [6, 6.07) is 0. The van der Waals surface area contributed by atoms with Crippen LogP contribution in [-0.2, 0) is 4.79 Å². The van der Waals surface area contributed by atoms with Crippen LogP contribution in [0, 0.1) is 16.2 Å². The van der Waals surface area contributed by atoms with Crippen LogP contribution in [0.25, 0.3) is 0 Å². The molecule has 2 nitrogen and oxygen atoms in total. The second-order valence-electron chi connectivity index (χ2n) is 6.35. The molecule has 0 amide bonds. The van der Waals surface area contributed by atoms with Crippen LogP contribution in [0.1, 0.15) is 46.5 Å². The zero-order valence-electron chi connectivity index (χ0n) is 8.68. The van der Waals surface area contributed by atoms with Crippen LogP contribution in [0.5, 0.6) is 0 Å². The number of aliphatic carboxylic acids is 1. The van der Waals surface area contributed by atoms with Crippen molar-refractivity contribution in [2.45, 2.75) is 46.5 Å². The first kappa shape index (κ1) is 9.04. The van der Waals surface area contributed by atoms with Gasteiger partial charge in [0.2, 0.25) is 0 Å². The molecule has 0 atom stereocenters. The monoisotopic (exact) mass is 182 g/mol. The van der Waals surface area contributed by atoms with Gasteiger partial charge in [0.15, 0.2) is 0 Å². The Kier molecular flexibility index (Phi) is 1.46. The highest BCUT2D eigenvalue weighted by molar-refractivity contribution is 5.79. The fraction of sp³-hybridized carbons (Fsp3) is 0.909. The Bertz CT molecular complexity index is 240. The molecule has 0 heterocycles. The molecule has 2 heteroatoms. The highest BCUT2D eigenvalue weighted by atomic mass is 16.4. The minimum Gasteiger partial charge on any atom is -0.481 e. The van der Waals surface area contributed by atoms with Gasteiger partial charge in [-0.3, -0.25) is 4.79 Å². The molecule has 3 saturated carbocycles.